The van der Waals surface area contributed by atoms with Gasteiger partial charge in [0, 0.05) is 18.0 Å². The van der Waals surface area contributed by atoms with E-state index in [4.69, 9.17) is 0 Å². The lowest BCUT2D eigenvalue weighted by molar-refractivity contribution is 0.714. The van der Waals surface area contributed by atoms with Gasteiger partial charge in [-0.3, -0.25) is 0 Å². The summed E-state index contributed by atoms with van der Waals surface area (Å²) in [6.45, 7) is 4.40. The fourth-order valence-electron chi connectivity index (χ4n) is 2.96. The Kier molecular flexibility index (Phi) is 5.95. The van der Waals surface area contributed by atoms with Gasteiger partial charge in [-0.1, -0.05) is 75.2 Å². The van der Waals surface area contributed by atoms with Crippen LogP contribution in [0.5, 0.6) is 0 Å². The molecule has 2 aromatic carbocycles. The molecule has 3 aromatic rings. The van der Waals surface area contributed by atoms with Crippen LogP contribution in [0.25, 0.3) is 22.5 Å². The average Bonchev–Trinajstić information content (AvgIpc) is 2.69. The smallest absolute Gasteiger partial charge is 0.159 e. The van der Waals surface area contributed by atoms with Gasteiger partial charge in [-0.2, -0.15) is 0 Å². The van der Waals surface area contributed by atoms with Crippen LogP contribution in [0.15, 0.2) is 60.9 Å². The molecule has 2 heteroatoms. The first-order chi connectivity index (χ1) is 12.3. The van der Waals surface area contributed by atoms with Crippen molar-refractivity contribution in [3.63, 3.8) is 0 Å². The summed E-state index contributed by atoms with van der Waals surface area (Å²) in [6.07, 6.45) is 9.80. The third-order valence-electron chi connectivity index (χ3n) is 4.61. The second-order valence-electron chi connectivity index (χ2n) is 6.50. The number of hydrogen-bond donors (Lipinski definition) is 0. The van der Waals surface area contributed by atoms with Gasteiger partial charge in [0.05, 0.1) is 0 Å². The Balaban J connectivity index is 1.71. The molecule has 0 aliphatic heterocycles. The third-order valence-corrected chi connectivity index (χ3v) is 4.61. The molecule has 0 saturated carbocycles. The molecular formula is C23H26N2. The molecule has 0 saturated heterocycles. The van der Waals surface area contributed by atoms with E-state index in [1.807, 2.05) is 12.4 Å². The molecule has 1 heterocycles. The van der Waals surface area contributed by atoms with Crippen molar-refractivity contribution in [3.8, 4) is 22.5 Å². The highest BCUT2D eigenvalue weighted by Gasteiger charge is 2.03. The van der Waals surface area contributed by atoms with Crippen LogP contribution in [0.3, 0.4) is 0 Å². The number of aryl methyl sites for hydroxylation is 2. The molecule has 0 N–H and O–H groups in total. The van der Waals surface area contributed by atoms with Crippen LogP contribution in [-0.2, 0) is 12.8 Å². The van der Waals surface area contributed by atoms with Crippen LogP contribution in [-0.4, -0.2) is 9.97 Å². The molecule has 1 aromatic heterocycles. The molecule has 0 radical (unpaired) electrons. The summed E-state index contributed by atoms with van der Waals surface area (Å²) in [5.41, 5.74) is 6.13. The first kappa shape index (κ1) is 17.3. The van der Waals surface area contributed by atoms with Crippen molar-refractivity contribution in [2.24, 2.45) is 0 Å². The Morgan fingerprint density at radius 3 is 1.76 bits per heavy atom. The van der Waals surface area contributed by atoms with E-state index >= 15 is 0 Å². The van der Waals surface area contributed by atoms with Gasteiger partial charge in [-0.25, -0.2) is 9.97 Å². The van der Waals surface area contributed by atoms with Crippen LogP contribution >= 0.6 is 0 Å². The normalized spacial score (nSPS) is 10.8. The van der Waals surface area contributed by atoms with Crippen LogP contribution in [0, 0.1) is 0 Å². The van der Waals surface area contributed by atoms with Crippen LogP contribution < -0.4 is 0 Å². The molecule has 0 fully saturated rings. The highest BCUT2D eigenvalue weighted by molar-refractivity contribution is 5.67. The average molecular weight is 330 g/mol. The fourth-order valence-corrected chi connectivity index (χ4v) is 2.96. The van der Waals surface area contributed by atoms with E-state index in [2.05, 4.69) is 72.3 Å². The number of nitrogens with zero attached hydrogens (tertiary/aromatic N) is 2. The molecule has 0 aliphatic carbocycles. The van der Waals surface area contributed by atoms with Crippen molar-refractivity contribution in [2.75, 3.05) is 0 Å². The Morgan fingerprint density at radius 1 is 0.640 bits per heavy atom. The minimum absolute atomic E-state index is 0.798. The minimum Gasteiger partial charge on any atom is -0.236 e. The Hall–Kier alpha value is -2.48. The first-order valence-corrected chi connectivity index (χ1v) is 9.31. The molecule has 25 heavy (non-hydrogen) atoms. The lowest BCUT2D eigenvalue weighted by atomic mass is 10.0. The van der Waals surface area contributed by atoms with Gasteiger partial charge in [-0.15, -0.1) is 0 Å². The predicted molar refractivity (Wildman–Crippen MR) is 106 cm³/mol. The zero-order valence-electron chi connectivity index (χ0n) is 15.2. The summed E-state index contributed by atoms with van der Waals surface area (Å²) in [4.78, 5) is 9.08. The molecule has 0 spiro atoms. The monoisotopic (exact) mass is 330 g/mol. The van der Waals surface area contributed by atoms with Crippen molar-refractivity contribution in [3.05, 3.63) is 72.1 Å². The van der Waals surface area contributed by atoms with Crippen LogP contribution in [0.2, 0.25) is 0 Å². The van der Waals surface area contributed by atoms with E-state index in [-0.39, 0.29) is 0 Å². The maximum atomic E-state index is 4.54. The minimum atomic E-state index is 0.798. The number of aromatic nitrogens is 2. The summed E-state index contributed by atoms with van der Waals surface area (Å²) >= 11 is 0. The zero-order valence-corrected chi connectivity index (χ0v) is 15.2. The van der Waals surface area contributed by atoms with E-state index in [1.54, 1.807) is 0 Å². The van der Waals surface area contributed by atoms with Crippen molar-refractivity contribution >= 4 is 0 Å². The highest BCUT2D eigenvalue weighted by atomic mass is 14.9. The summed E-state index contributed by atoms with van der Waals surface area (Å²) in [6, 6.07) is 17.3. The predicted octanol–water partition coefficient (Wildman–Crippen LogP) is 6.11. The van der Waals surface area contributed by atoms with E-state index in [0.29, 0.717) is 0 Å². The van der Waals surface area contributed by atoms with Gasteiger partial charge in [0.2, 0.25) is 0 Å². The van der Waals surface area contributed by atoms with Crippen molar-refractivity contribution in [2.45, 2.75) is 46.0 Å². The van der Waals surface area contributed by atoms with Crippen molar-refractivity contribution in [1.29, 1.82) is 0 Å². The molecule has 0 aliphatic rings. The van der Waals surface area contributed by atoms with Gasteiger partial charge >= 0.3 is 0 Å². The number of rotatable bonds is 7. The Labute approximate surface area is 151 Å². The van der Waals surface area contributed by atoms with E-state index < -0.39 is 0 Å². The maximum Gasteiger partial charge on any atom is 0.159 e. The largest absolute Gasteiger partial charge is 0.236 e. The highest BCUT2D eigenvalue weighted by Crippen LogP contribution is 2.23. The van der Waals surface area contributed by atoms with Crippen molar-refractivity contribution < 1.29 is 0 Å². The van der Waals surface area contributed by atoms with Gasteiger partial charge in [0.15, 0.2) is 5.82 Å². The summed E-state index contributed by atoms with van der Waals surface area (Å²) in [5.74, 6) is 0.798. The summed E-state index contributed by atoms with van der Waals surface area (Å²) < 4.78 is 0. The van der Waals surface area contributed by atoms with Crippen molar-refractivity contribution in [1.82, 2.24) is 9.97 Å². The van der Waals surface area contributed by atoms with Gasteiger partial charge in [-0.05, 0) is 41.5 Å². The fraction of sp³-hybridized carbons (Fsp3) is 0.304. The SMILES string of the molecule is CCCCCc1cnc(-c2ccc(-c3ccc(CC)cc3)cc2)nc1. The molecule has 0 unspecified atom stereocenters. The van der Waals surface area contributed by atoms with Gasteiger partial charge in [0.25, 0.3) is 0 Å². The van der Waals surface area contributed by atoms with Gasteiger partial charge in [0.1, 0.15) is 0 Å². The van der Waals surface area contributed by atoms with Gasteiger partial charge < -0.3 is 0 Å². The molecule has 3 rings (SSSR count). The second kappa shape index (κ2) is 8.57. The summed E-state index contributed by atoms with van der Waals surface area (Å²) in [7, 11) is 0. The molecule has 0 amide bonds. The molecule has 128 valence electrons. The van der Waals surface area contributed by atoms with Crippen LogP contribution in [0.4, 0.5) is 0 Å². The molecule has 0 bridgehead atoms. The maximum absolute atomic E-state index is 4.54. The Bertz CT molecular complexity index is 772. The Morgan fingerprint density at radius 2 is 1.20 bits per heavy atom. The zero-order chi connectivity index (χ0) is 17.5. The molecule has 0 atom stereocenters. The van der Waals surface area contributed by atoms with E-state index in [1.165, 1.54) is 41.5 Å². The quantitative estimate of drug-likeness (QED) is 0.489. The molecular weight excluding hydrogens is 304 g/mol. The lowest BCUT2D eigenvalue weighted by Crippen LogP contribution is -1.93. The number of benzene rings is 2. The second-order valence-corrected chi connectivity index (χ2v) is 6.50. The molecule has 2 nitrogen and oxygen atoms in total. The van der Waals surface area contributed by atoms with E-state index in [0.717, 1.165) is 24.2 Å². The third kappa shape index (κ3) is 4.54. The number of hydrogen-bond acceptors (Lipinski definition) is 2. The standard InChI is InChI=1S/C23H26N2/c1-3-5-6-7-19-16-24-23(25-17-19)22-14-12-21(13-15-22)20-10-8-18(4-2)9-11-20/h8-17H,3-7H2,1-2H3. The lowest BCUT2D eigenvalue weighted by Gasteiger charge is -2.06. The first-order valence-electron chi connectivity index (χ1n) is 9.31. The van der Waals surface area contributed by atoms with Crippen LogP contribution in [0.1, 0.15) is 44.2 Å². The van der Waals surface area contributed by atoms with E-state index in [9.17, 15) is 0 Å². The summed E-state index contributed by atoms with van der Waals surface area (Å²) in [5, 5.41) is 0. The number of unbranched alkanes of at least 4 members (excludes halogenated alkanes) is 2. The topological polar surface area (TPSA) is 25.8 Å².